The number of hydrazine groups is 1. The van der Waals surface area contributed by atoms with Crippen LogP contribution in [-0.2, 0) is 11.2 Å². The lowest BCUT2D eigenvalue weighted by atomic mass is 10.1. The molecule has 0 fully saturated rings. The molecule has 0 aliphatic rings. The molecule has 0 aliphatic carbocycles. The van der Waals surface area contributed by atoms with Crippen molar-refractivity contribution in [2.75, 3.05) is 5.32 Å². The molecule has 27 heavy (non-hydrogen) atoms. The summed E-state index contributed by atoms with van der Waals surface area (Å²) in [5.74, 6) is 0.367. The first kappa shape index (κ1) is 19.0. The molecule has 0 aliphatic heterocycles. The maximum atomic E-state index is 12.1. The molecule has 8 nitrogen and oxygen atoms in total. The number of amides is 1. The smallest absolute Gasteiger partial charge is 0.252 e. The Morgan fingerprint density at radius 2 is 1.96 bits per heavy atom. The molecular formula is C17H18ClN7OS. The fourth-order valence-corrected chi connectivity index (χ4v) is 2.94. The van der Waals surface area contributed by atoms with Gasteiger partial charge in [-0.2, -0.15) is 10.1 Å². The molecule has 0 radical (unpaired) electrons. The van der Waals surface area contributed by atoms with Crippen LogP contribution < -0.4 is 16.2 Å². The van der Waals surface area contributed by atoms with Crippen LogP contribution in [-0.4, -0.2) is 30.6 Å². The van der Waals surface area contributed by atoms with Gasteiger partial charge < -0.3 is 5.32 Å². The number of hydrogen-bond acceptors (Lipinski definition) is 5. The van der Waals surface area contributed by atoms with E-state index >= 15 is 0 Å². The maximum Gasteiger partial charge on any atom is 0.252 e. The Hall–Kier alpha value is -2.78. The standard InChI is InChI=1S/C17H18ClN7OS/c1-10-14(11(2)25-16(21-10)19-9-20-25)7-8-15(26)23-24-17(27)22-13-5-3-12(18)4-6-13/h3-6,9H,7-8H2,1-2H3,(H,23,26)(H2,22,24,27). The van der Waals surface area contributed by atoms with Gasteiger partial charge in [-0.1, -0.05) is 11.6 Å². The predicted octanol–water partition coefficient (Wildman–Crippen LogP) is 2.34. The van der Waals surface area contributed by atoms with Crippen LogP contribution in [0.5, 0.6) is 0 Å². The molecule has 3 rings (SSSR count). The second-order valence-corrected chi connectivity index (χ2v) is 6.71. The fraction of sp³-hybridized carbons (Fsp3) is 0.235. The Kier molecular flexibility index (Phi) is 5.82. The minimum atomic E-state index is -0.187. The quantitative estimate of drug-likeness (QED) is 0.454. The van der Waals surface area contributed by atoms with Crippen LogP contribution in [0.25, 0.3) is 5.78 Å². The van der Waals surface area contributed by atoms with E-state index in [0.717, 1.165) is 22.6 Å². The zero-order chi connectivity index (χ0) is 19.4. The molecule has 3 aromatic rings. The minimum absolute atomic E-state index is 0.187. The van der Waals surface area contributed by atoms with Gasteiger partial charge in [0.1, 0.15) is 6.33 Å². The number of nitrogens with zero attached hydrogens (tertiary/aromatic N) is 4. The van der Waals surface area contributed by atoms with Crippen molar-refractivity contribution in [2.45, 2.75) is 26.7 Å². The van der Waals surface area contributed by atoms with Gasteiger partial charge in [-0.15, -0.1) is 0 Å². The average molecular weight is 404 g/mol. The Balaban J connectivity index is 1.51. The first-order valence-electron chi connectivity index (χ1n) is 8.21. The number of benzene rings is 1. The third kappa shape index (κ3) is 4.69. The van der Waals surface area contributed by atoms with E-state index in [1.807, 2.05) is 13.8 Å². The van der Waals surface area contributed by atoms with E-state index in [4.69, 9.17) is 23.8 Å². The van der Waals surface area contributed by atoms with E-state index < -0.39 is 0 Å². The number of fused-ring (bicyclic) bond motifs is 1. The van der Waals surface area contributed by atoms with Crippen molar-refractivity contribution in [3.8, 4) is 0 Å². The van der Waals surface area contributed by atoms with Crippen molar-refractivity contribution in [3.63, 3.8) is 0 Å². The molecule has 3 N–H and O–H groups in total. The summed E-state index contributed by atoms with van der Waals surface area (Å²) in [5, 5.41) is 8.02. The highest BCUT2D eigenvalue weighted by Gasteiger charge is 2.12. The van der Waals surface area contributed by atoms with Crippen LogP contribution in [0.1, 0.15) is 23.4 Å². The molecule has 1 amide bonds. The van der Waals surface area contributed by atoms with Gasteiger partial charge in [0.15, 0.2) is 5.11 Å². The highest BCUT2D eigenvalue weighted by molar-refractivity contribution is 7.80. The zero-order valence-electron chi connectivity index (χ0n) is 14.8. The summed E-state index contributed by atoms with van der Waals surface area (Å²) >= 11 is 11.0. The molecule has 0 unspecified atom stereocenters. The lowest BCUT2D eigenvalue weighted by Gasteiger charge is -2.13. The van der Waals surface area contributed by atoms with E-state index in [-0.39, 0.29) is 17.4 Å². The first-order valence-corrected chi connectivity index (χ1v) is 9.00. The number of nitrogens with one attached hydrogen (secondary N) is 3. The summed E-state index contributed by atoms with van der Waals surface area (Å²) in [7, 11) is 0. The summed E-state index contributed by atoms with van der Waals surface area (Å²) < 4.78 is 1.67. The van der Waals surface area contributed by atoms with Gasteiger partial charge in [-0.25, -0.2) is 9.50 Å². The summed E-state index contributed by atoms with van der Waals surface area (Å²) in [6.45, 7) is 3.84. The summed E-state index contributed by atoms with van der Waals surface area (Å²) in [5.41, 5.74) is 8.78. The molecule has 0 atom stereocenters. The molecule has 0 spiro atoms. The van der Waals surface area contributed by atoms with Crippen LogP contribution in [0.2, 0.25) is 5.02 Å². The molecule has 10 heteroatoms. The van der Waals surface area contributed by atoms with Crippen LogP contribution in [0.4, 0.5) is 5.69 Å². The normalized spacial score (nSPS) is 10.6. The second-order valence-electron chi connectivity index (χ2n) is 5.87. The number of thiocarbonyl (C=S) groups is 1. The van der Waals surface area contributed by atoms with Gasteiger partial charge in [0.2, 0.25) is 5.91 Å². The van der Waals surface area contributed by atoms with Gasteiger partial charge in [-0.3, -0.25) is 15.6 Å². The number of hydrogen-bond donors (Lipinski definition) is 3. The van der Waals surface area contributed by atoms with Gasteiger partial charge in [0, 0.05) is 28.5 Å². The third-order valence-electron chi connectivity index (χ3n) is 4.01. The van der Waals surface area contributed by atoms with Crippen molar-refractivity contribution in [3.05, 3.63) is 52.6 Å². The van der Waals surface area contributed by atoms with Crippen molar-refractivity contribution in [1.29, 1.82) is 0 Å². The van der Waals surface area contributed by atoms with Crippen molar-refractivity contribution in [2.24, 2.45) is 0 Å². The minimum Gasteiger partial charge on any atom is -0.331 e. The molecule has 0 saturated carbocycles. The van der Waals surface area contributed by atoms with E-state index in [2.05, 4.69) is 31.2 Å². The third-order valence-corrected chi connectivity index (χ3v) is 4.46. The van der Waals surface area contributed by atoms with E-state index in [0.29, 0.717) is 17.2 Å². The molecule has 2 aromatic heterocycles. The largest absolute Gasteiger partial charge is 0.331 e. The molecule has 2 heterocycles. The molecule has 0 saturated heterocycles. The van der Waals surface area contributed by atoms with Gasteiger partial charge >= 0.3 is 0 Å². The SMILES string of the molecule is Cc1nc2ncnn2c(C)c1CCC(=O)NNC(=S)Nc1ccc(Cl)cc1. The number of aromatic nitrogens is 4. The van der Waals surface area contributed by atoms with Gasteiger partial charge in [0.05, 0.1) is 0 Å². The molecule has 0 bridgehead atoms. The molecule has 140 valence electrons. The number of rotatable bonds is 4. The lowest BCUT2D eigenvalue weighted by Crippen LogP contribution is -2.43. The summed E-state index contributed by atoms with van der Waals surface area (Å²) in [4.78, 5) is 20.6. The average Bonchev–Trinajstić information content (AvgIpc) is 3.10. The Morgan fingerprint density at radius 3 is 2.70 bits per heavy atom. The number of anilines is 1. The predicted molar refractivity (Wildman–Crippen MR) is 108 cm³/mol. The van der Waals surface area contributed by atoms with Crippen LogP contribution in [0.3, 0.4) is 0 Å². The second kappa shape index (κ2) is 8.28. The summed E-state index contributed by atoms with van der Waals surface area (Å²) in [6.07, 6.45) is 2.27. The summed E-state index contributed by atoms with van der Waals surface area (Å²) in [6, 6.07) is 7.07. The Labute approximate surface area is 166 Å². The van der Waals surface area contributed by atoms with Crippen LogP contribution in [0.15, 0.2) is 30.6 Å². The van der Waals surface area contributed by atoms with E-state index in [9.17, 15) is 4.79 Å². The van der Waals surface area contributed by atoms with Gasteiger partial charge in [0.25, 0.3) is 5.78 Å². The van der Waals surface area contributed by atoms with Gasteiger partial charge in [-0.05, 0) is 62.3 Å². The van der Waals surface area contributed by atoms with Crippen LogP contribution >= 0.6 is 23.8 Å². The van der Waals surface area contributed by atoms with Crippen molar-refractivity contribution in [1.82, 2.24) is 30.4 Å². The number of carbonyl (C=O) groups is 1. The topological polar surface area (TPSA) is 96.2 Å². The molecule has 1 aromatic carbocycles. The highest BCUT2D eigenvalue weighted by Crippen LogP contribution is 2.15. The first-order chi connectivity index (χ1) is 12.9. The highest BCUT2D eigenvalue weighted by atomic mass is 35.5. The number of aryl methyl sites for hydroxylation is 2. The molecular weight excluding hydrogens is 386 g/mol. The van der Waals surface area contributed by atoms with E-state index in [1.165, 1.54) is 6.33 Å². The zero-order valence-corrected chi connectivity index (χ0v) is 16.4. The maximum absolute atomic E-state index is 12.1. The number of halogens is 1. The Bertz CT molecular complexity index is 987. The fourth-order valence-electron chi connectivity index (χ4n) is 2.64. The monoisotopic (exact) mass is 403 g/mol. The van der Waals surface area contributed by atoms with Crippen molar-refractivity contribution >= 4 is 46.3 Å². The van der Waals surface area contributed by atoms with E-state index in [1.54, 1.807) is 28.8 Å². The Morgan fingerprint density at radius 1 is 1.22 bits per heavy atom. The van der Waals surface area contributed by atoms with Crippen molar-refractivity contribution < 1.29 is 4.79 Å². The number of carbonyl (C=O) groups excluding carboxylic acids is 1. The van der Waals surface area contributed by atoms with Crippen LogP contribution in [0, 0.1) is 13.8 Å². The lowest BCUT2D eigenvalue weighted by molar-refractivity contribution is -0.121.